The first-order valence-corrected chi connectivity index (χ1v) is 10.8. The minimum Gasteiger partial charge on any atom is -0.0654 e. The van der Waals surface area contributed by atoms with Crippen molar-refractivity contribution in [2.45, 2.75) is 143 Å². The second-order valence-corrected chi connectivity index (χ2v) is 11.6. The Hall–Kier alpha value is 0. The molecule has 0 amide bonds. The Morgan fingerprint density at radius 3 is 0.560 bits per heavy atom. The van der Waals surface area contributed by atoms with Crippen molar-refractivity contribution in [3.05, 3.63) is 0 Å². The van der Waals surface area contributed by atoms with Gasteiger partial charge < -0.3 is 0 Å². The summed E-state index contributed by atoms with van der Waals surface area (Å²) in [7, 11) is 0. The van der Waals surface area contributed by atoms with Crippen LogP contribution in [0, 0.1) is 22.2 Å². The Balaban J connectivity index is -0.0000000675. The lowest BCUT2D eigenvalue weighted by molar-refractivity contribution is 0.397. The maximum atomic E-state index is 2.24. The highest BCUT2D eigenvalue weighted by atomic mass is 14.1. The van der Waals surface area contributed by atoms with Crippen molar-refractivity contribution in [2.24, 2.45) is 22.2 Å². The third-order valence-corrected chi connectivity index (χ3v) is 2.62. The molecule has 0 bridgehead atoms. The molecule has 0 radical (unpaired) electrons. The summed E-state index contributed by atoms with van der Waals surface area (Å²) < 4.78 is 0. The van der Waals surface area contributed by atoms with E-state index in [9.17, 15) is 0 Å². The lowest BCUT2D eigenvalue weighted by Crippen LogP contribution is -2.00. The summed E-state index contributed by atoms with van der Waals surface area (Å²) in [5, 5.41) is 0. The zero-order valence-electron chi connectivity index (χ0n) is 21.9. The van der Waals surface area contributed by atoms with E-state index in [0.29, 0.717) is 16.2 Å². The van der Waals surface area contributed by atoms with E-state index in [-0.39, 0.29) is 0 Å². The molecule has 0 N–H and O–H groups in total. The number of unbranched alkanes of at least 4 members (excludes halogenated alkanes) is 1. The van der Waals surface area contributed by atoms with Crippen LogP contribution in [-0.4, -0.2) is 0 Å². The fourth-order valence-electron chi connectivity index (χ4n) is 0. The van der Waals surface area contributed by atoms with Crippen LogP contribution in [0.4, 0.5) is 0 Å². The summed E-state index contributed by atoms with van der Waals surface area (Å²) in [6, 6.07) is 0. The van der Waals surface area contributed by atoms with Crippen molar-refractivity contribution < 1.29 is 0 Å². The van der Waals surface area contributed by atoms with Gasteiger partial charge in [-0.2, -0.15) is 0 Å². The van der Waals surface area contributed by atoms with Crippen molar-refractivity contribution in [1.29, 1.82) is 0 Å². The number of hydrogen-bond donors (Lipinski definition) is 0. The summed E-state index contributed by atoms with van der Waals surface area (Å²) in [5.74, 6) is 0.833. The van der Waals surface area contributed by atoms with E-state index in [1.807, 2.05) is 0 Å². The molecule has 25 heavy (non-hydrogen) atoms. The molecule has 0 aromatic rings. The molecule has 0 aliphatic rings. The highest BCUT2D eigenvalue weighted by Gasteiger charge is 2.03. The molecule has 0 atom stereocenters. The topological polar surface area (TPSA) is 0 Å². The SMILES string of the molecule is CC(C)(C)C.CC(C)C.CCC(C)(C)C.CCC(C)(C)C.CCCC. The van der Waals surface area contributed by atoms with Crippen LogP contribution in [-0.2, 0) is 0 Å². The van der Waals surface area contributed by atoms with Gasteiger partial charge in [0.15, 0.2) is 0 Å². The van der Waals surface area contributed by atoms with Crippen LogP contribution in [0.15, 0.2) is 0 Å². The summed E-state index contributed by atoms with van der Waals surface area (Å²) >= 11 is 0. The van der Waals surface area contributed by atoms with Gasteiger partial charge in [-0.15, -0.1) is 0 Å². The monoisotopic (exact) mass is 360 g/mol. The Kier molecular flexibility index (Phi) is 29.3. The summed E-state index contributed by atoms with van der Waals surface area (Å²) in [5.41, 5.74) is 1.58. The Labute approximate surface area is 166 Å². The summed E-state index contributed by atoms with van der Waals surface area (Å²) in [6.45, 7) is 37.5. The van der Waals surface area contributed by atoms with Crippen LogP contribution >= 0.6 is 0 Å². The van der Waals surface area contributed by atoms with Gasteiger partial charge in [-0.1, -0.05) is 143 Å². The predicted molar refractivity (Wildman–Crippen MR) is 126 cm³/mol. The third kappa shape index (κ3) is 237. The molecule has 0 aromatic heterocycles. The average molecular weight is 361 g/mol. The number of hydrogen-bond acceptors (Lipinski definition) is 0. The van der Waals surface area contributed by atoms with Gasteiger partial charge in [0, 0.05) is 0 Å². The summed E-state index contributed by atoms with van der Waals surface area (Å²) in [6.07, 6.45) is 5.18. The van der Waals surface area contributed by atoms with Crippen LogP contribution in [0.3, 0.4) is 0 Å². The van der Waals surface area contributed by atoms with Gasteiger partial charge in [-0.3, -0.25) is 0 Å². The van der Waals surface area contributed by atoms with Crippen molar-refractivity contribution in [1.82, 2.24) is 0 Å². The normalized spacial score (nSPS) is 10.8. The first-order valence-electron chi connectivity index (χ1n) is 10.8. The van der Waals surface area contributed by atoms with Gasteiger partial charge in [-0.25, -0.2) is 0 Å². The van der Waals surface area contributed by atoms with E-state index in [1.165, 1.54) is 25.7 Å². The standard InChI is InChI=1S/2C6H14.C5H12.2C4H10/c2*1-5-6(2,3)4;1-5(2,3)4;1-4(2)3;1-3-4-2/h2*5H2,1-4H3;1-4H3;4H,1-3H3;3-4H2,1-2H3. The molecular formula is C25H60. The molecule has 0 aromatic carbocycles. The average Bonchev–Trinajstić information content (AvgIpc) is 2.35. The summed E-state index contributed by atoms with van der Waals surface area (Å²) in [4.78, 5) is 0. The highest BCUT2D eigenvalue weighted by Crippen LogP contribution is 2.16. The van der Waals surface area contributed by atoms with Crippen molar-refractivity contribution >= 4 is 0 Å². The lowest BCUT2D eigenvalue weighted by atomic mass is 9.94. The van der Waals surface area contributed by atoms with Crippen molar-refractivity contribution in [2.75, 3.05) is 0 Å². The van der Waals surface area contributed by atoms with Crippen LogP contribution in [0.1, 0.15) is 143 Å². The van der Waals surface area contributed by atoms with Gasteiger partial charge in [0.25, 0.3) is 0 Å². The van der Waals surface area contributed by atoms with E-state index in [0.717, 1.165) is 5.92 Å². The molecule has 0 saturated heterocycles. The fourth-order valence-corrected chi connectivity index (χ4v) is 0. The number of rotatable bonds is 1. The lowest BCUT2D eigenvalue weighted by Gasteiger charge is -2.12. The van der Waals surface area contributed by atoms with Crippen LogP contribution in [0.25, 0.3) is 0 Å². The van der Waals surface area contributed by atoms with Gasteiger partial charge >= 0.3 is 0 Å². The molecule has 160 valence electrons. The minimum absolute atomic E-state index is 0.500. The molecule has 0 aliphatic heterocycles. The van der Waals surface area contributed by atoms with Gasteiger partial charge in [0.1, 0.15) is 0 Å². The maximum absolute atomic E-state index is 2.24. The molecule has 0 saturated carbocycles. The maximum Gasteiger partial charge on any atom is -0.0385 e. The van der Waals surface area contributed by atoms with Gasteiger partial charge in [-0.05, 0) is 22.2 Å². The fraction of sp³-hybridized carbons (Fsp3) is 1.00. The molecule has 0 fully saturated rings. The second kappa shape index (κ2) is 20.3. The Morgan fingerprint density at radius 1 is 0.480 bits per heavy atom. The first-order chi connectivity index (χ1) is 10.8. The Bertz CT molecular complexity index is 177. The highest BCUT2D eigenvalue weighted by molar-refractivity contribution is 4.55. The van der Waals surface area contributed by atoms with E-state index < -0.39 is 0 Å². The quantitative estimate of drug-likeness (QED) is 0.436. The van der Waals surface area contributed by atoms with Crippen LogP contribution in [0.5, 0.6) is 0 Å². The minimum atomic E-state index is 0.500. The van der Waals surface area contributed by atoms with Gasteiger partial charge in [0.05, 0.1) is 0 Å². The van der Waals surface area contributed by atoms with Crippen LogP contribution in [0.2, 0.25) is 0 Å². The smallest absolute Gasteiger partial charge is 0.0385 e. The Morgan fingerprint density at radius 2 is 0.560 bits per heavy atom. The molecule has 0 rings (SSSR count). The second-order valence-electron chi connectivity index (χ2n) is 11.6. The zero-order valence-corrected chi connectivity index (χ0v) is 21.9. The third-order valence-electron chi connectivity index (χ3n) is 2.62. The van der Waals surface area contributed by atoms with Crippen LogP contribution < -0.4 is 0 Å². The first kappa shape index (κ1) is 36.0. The van der Waals surface area contributed by atoms with E-state index in [4.69, 9.17) is 0 Å². The molecule has 0 heteroatoms. The van der Waals surface area contributed by atoms with E-state index in [2.05, 4.69) is 118 Å². The molecule has 0 spiro atoms. The molecular weight excluding hydrogens is 300 g/mol. The van der Waals surface area contributed by atoms with Crippen molar-refractivity contribution in [3.8, 4) is 0 Å². The zero-order chi connectivity index (χ0) is 21.9. The molecule has 0 heterocycles. The van der Waals surface area contributed by atoms with Gasteiger partial charge in [0.2, 0.25) is 0 Å². The van der Waals surface area contributed by atoms with E-state index >= 15 is 0 Å². The molecule has 0 aliphatic carbocycles. The largest absolute Gasteiger partial charge is 0.0654 e. The molecule has 0 nitrogen and oxygen atoms in total. The van der Waals surface area contributed by atoms with E-state index in [1.54, 1.807) is 0 Å². The molecule has 0 unspecified atom stereocenters. The predicted octanol–water partition coefficient (Wildman–Crippen LogP) is 10.4. The van der Waals surface area contributed by atoms with Crippen molar-refractivity contribution in [3.63, 3.8) is 0 Å².